The molecular weight excluding hydrogens is 226 g/mol. The Bertz CT molecular complexity index is 536. The van der Waals surface area contributed by atoms with E-state index in [4.69, 9.17) is 10.5 Å². The van der Waals surface area contributed by atoms with Crippen molar-refractivity contribution in [3.63, 3.8) is 0 Å². The molecular formula is C14H15N3O. The summed E-state index contributed by atoms with van der Waals surface area (Å²) < 4.78 is 5.38. The normalized spacial score (nSPS) is 19.0. The summed E-state index contributed by atoms with van der Waals surface area (Å²) in [5.41, 5.74) is 7.81. The van der Waals surface area contributed by atoms with Crippen LogP contribution in [0, 0.1) is 0 Å². The van der Waals surface area contributed by atoms with E-state index in [1.54, 1.807) is 0 Å². The third-order valence-corrected chi connectivity index (χ3v) is 3.13. The number of aromatic nitrogens is 2. The first kappa shape index (κ1) is 11.2. The predicted octanol–water partition coefficient (Wildman–Crippen LogP) is 2.23. The molecule has 0 spiro atoms. The lowest BCUT2D eigenvalue weighted by molar-refractivity contribution is 0.193. The van der Waals surface area contributed by atoms with E-state index >= 15 is 0 Å². The summed E-state index contributed by atoms with van der Waals surface area (Å²) >= 11 is 0. The van der Waals surface area contributed by atoms with Crippen LogP contribution in [0.1, 0.15) is 18.2 Å². The Morgan fingerprint density at radius 1 is 1.17 bits per heavy atom. The van der Waals surface area contributed by atoms with E-state index in [1.807, 2.05) is 36.4 Å². The summed E-state index contributed by atoms with van der Waals surface area (Å²) in [5, 5.41) is 0. The van der Waals surface area contributed by atoms with Crippen LogP contribution in [0.15, 0.2) is 36.4 Å². The lowest BCUT2D eigenvalue weighted by Crippen LogP contribution is -2.07. The van der Waals surface area contributed by atoms with Gasteiger partial charge in [0.05, 0.1) is 12.3 Å². The fourth-order valence-electron chi connectivity index (χ4n) is 2.16. The average molecular weight is 241 g/mol. The van der Waals surface area contributed by atoms with Crippen molar-refractivity contribution < 1.29 is 4.74 Å². The molecule has 3 rings (SSSR count). The Hall–Kier alpha value is -1.94. The van der Waals surface area contributed by atoms with E-state index < -0.39 is 0 Å². The number of rotatable bonds is 2. The highest BCUT2D eigenvalue weighted by Gasteiger charge is 2.21. The summed E-state index contributed by atoms with van der Waals surface area (Å²) in [7, 11) is 0. The lowest BCUT2D eigenvalue weighted by Gasteiger charge is -2.09. The van der Waals surface area contributed by atoms with Crippen molar-refractivity contribution in [2.24, 2.45) is 0 Å². The first-order valence-electron chi connectivity index (χ1n) is 6.10. The molecule has 92 valence electrons. The van der Waals surface area contributed by atoms with E-state index in [0.29, 0.717) is 12.4 Å². The molecule has 2 aromatic rings. The molecule has 4 nitrogen and oxygen atoms in total. The molecule has 0 amide bonds. The lowest BCUT2D eigenvalue weighted by atomic mass is 10.1. The van der Waals surface area contributed by atoms with E-state index in [-0.39, 0.29) is 5.92 Å². The highest BCUT2D eigenvalue weighted by Crippen LogP contribution is 2.26. The molecule has 2 heterocycles. The Kier molecular flexibility index (Phi) is 2.94. The molecule has 1 unspecified atom stereocenters. The quantitative estimate of drug-likeness (QED) is 0.875. The van der Waals surface area contributed by atoms with Crippen molar-refractivity contribution in [2.45, 2.75) is 12.3 Å². The first-order chi connectivity index (χ1) is 8.83. The van der Waals surface area contributed by atoms with E-state index in [1.165, 1.54) is 0 Å². The standard InChI is InChI=1S/C14H15N3O/c15-13-8-12(10-4-2-1-3-5-10)16-14(17-13)11-6-7-18-9-11/h1-5,8,11H,6-7,9H2,(H2,15,16,17). The number of ether oxygens (including phenoxy) is 1. The molecule has 0 bridgehead atoms. The number of benzene rings is 1. The number of nitrogens with zero attached hydrogens (tertiary/aromatic N) is 2. The largest absolute Gasteiger partial charge is 0.384 e. The Morgan fingerprint density at radius 2 is 2.00 bits per heavy atom. The van der Waals surface area contributed by atoms with Crippen LogP contribution in [0.25, 0.3) is 11.3 Å². The molecule has 0 saturated carbocycles. The predicted molar refractivity (Wildman–Crippen MR) is 70.1 cm³/mol. The second-order valence-corrected chi connectivity index (χ2v) is 4.46. The third kappa shape index (κ3) is 2.19. The van der Waals surface area contributed by atoms with Crippen LogP contribution < -0.4 is 5.73 Å². The van der Waals surface area contributed by atoms with Crippen molar-refractivity contribution in [1.29, 1.82) is 0 Å². The van der Waals surface area contributed by atoms with Gasteiger partial charge in [-0.05, 0) is 6.42 Å². The fourth-order valence-corrected chi connectivity index (χ4v) is 2.16. The van der Waals surface area contributed by atoms with Crippen molar-refractivity contribution in [3.8, 4) is 11.3 Å². The van der Waals surface area contributed by atoms with Crippen molar-refractivity contribution in [3.05, 3.63) is 42.2 Å². The number of anilines is 1. The van der Waals surface area contributed by atoms with Crippen LogP contribution in [0.3, 0.4) is 0 Å². The maximum absolute atomic E-state index is 5.87. The zero-order valence-electron chi connectivity index (χ0n) is 10.0. The second kappa shape index (κ2) is 4.74. The number of hydrogen-bond acceptors (Lipinski definition) is 4. The van der Waals surface area contributed by atoms with Gasteiger partial charge in [-0.15, -0.1) is 0 Å². The van der Waals surface area contributed by atoms with Crippen LogP contribution in [-0.4, -0.2) is 23.2 Å². The minimum atomic E-state index is 0.274. The van der Waals surface area contributed by atoms with Crippen LogP contribution in [-0.2, 0) is 4.74 Å². The molecule has 1 saturated heterocycles. The van der Waals surface area contributed by atoms with Crippen LogP contribution in [0.5, 0.6) is 0 Å². The molecule has 0 radical (unpaired) electrons. The van der Waals surface area contributed by atoms with Gasteiger partial charge in [0.25, 0.3) is 0 Å². The topological polar surface area (TPSA) is 61.0 Å². The molecule has 1 aliphatic heterocycles. The molecule has 1 aromatic heterocycles. The maximum atomic E-state index is 5.87. The molecule has 1 fully saturated rings. The fraction of sp³-hybridized carbons (Fsp3) is 0.286. The second-order valence-electron chi connectivity index (χ2n) is 4.46. The summed E-state index contributed by atoms with van der Waals surface area (Å²) in [4.78, 5) is 8.94. The molecule has 0 aliphatic carbocycles. The van der Waals surface area contributed by atoms with E-state index in [9.17, 15) is 0 Å². The van der Waals surface area contributed by atoms with Gasteiger partial charge >= 0.3 is 0 Å². The van der Waals surface area contributed by atoms with Gasteiger partial charge < -0.3 is 10.5 Å². The zero-order chi connectivity index (χ0) is 12.4. The van der Waals surface area contributed by atoms with Gasteiger partial charge in [-0.25, -0.2) is 9.97 Å². The molecule has 18 heavy (non-hydrogen) atoms. The summed E-state index contributed by atoms with van der Waals surface area (Å²) in [6, 6.07) is 11.8. The maximum Gasteiger partial charge on any atom is 0.136 e. The van der Waals surface area contributed by atoms with Gasteiger partial charge in [-0.3, -0.25) is 0 Å². The summed E-state index contributed by atoms with van der Waals surface area (Å²) in [6.45, 7) is 1.47. The smallest absolute Gasteiger partial charge is 0.136 e. The van der Waals surface area contributed by atoms with E-state index in [0.717, 1.165) is 30.1 Å². The molecule has 4 heteroatoms. The molecule has 2 N–H and O–H groups in total. The van der Waals surface area contributed by atoms with Gasteiger partial charge in [0.15, 0.2) is 0 Å². The summed E-state index contributed by atoms with van der Waals surface area (Å²) in [5.74, 6) is 1.59. The van der Waals surface area contributed by atoms with Gasteiger partial charge in [-0.1, -0.05) is 30.3 Å². The number of nitrogen functional groups attached to an aromatic ring is 1. The Morgan fingerprint density at radius 3 is 2.72 bits per heavy atom. The molecule has 1 aromatic carbocycles. The highest BCUT2D eigenvalue weighted by molar-refractivity contribution is 5.61. The third-order valence-electron chi connectivity index (χ3n) is 3.13. The van der Waals surface area contributed by atoms with E-state index in [2.05, 4.69) is 9.97 Å². The van der Waals surface area contributed by atoms with Crippen molar-refractivity contribution in [2.75, 3.05) is 18.9 Å². The first-order valence-corrected chi connectivity index (χ1v) is 6.10. The number of nitrogens with two attached hydrogens (primary N) is 1. The van der Waals surface area contributed by atoms with Gasteiger partial charge in [-0.2, -0.15) is 0 Å². The van der Waals surface area contributed by atoms with Crippen LogP contribution >= 0.6 is 0 Å². The minimum absolute atomic E-state index is 0.274. The Balaban J connectivity index is 2.00. The minimum Gasteiger partial charge on any atom is -0.384 e. The number of hydrogen-bond donors (Lipinski definition) is 1. The zero-order valence-corrected chi connectivity index (χ0v) is 10.0. The highest BCUT2D eigenvalue weighted by atomic mass is 16.5. The van der Waals surface area contributed by atoms with Gasteiger partial charge in [0, 0.05) is 24.2 Å². The van der Waals surface area contributed by atoms with Crippen LogP contribution in [0.2, 0.25) is 0 Å². The molecule has 1 aliphatic rings. The molecule has 1 atom stereocenters. The van der Waals surface area contributed by atoms with Gasteiger partial charge in [0.2, 0.25) is 0 Å². The van der Waals surface area contributed by atoms with Gasteiger partial charge in [0.1, 0.15) is 11.6 Å². The average Bonchev–Trinajstić information content (AvgIpc) is 2.93. The van der Waals surface area contributed by atoms with Crippen molar-refractivity contribution >= 4 is 5.82 Å². The summed E-state index contributed by atoms with van der Waals surface area (Å²) in [6.07, 6.45) is 0.970. The Labute approximate surface area is 106 Å². The monoisotopic (exact) mass is 241 g/mol. The van der Waals surface area contributed by atoms with Crippen LogP contribution in [0.4, 0.5) is 5.82 Å². The van der Waals surface area contributed by atoms with Crippen molar-refractivity contribution in [1.82, 2.24) is 9.97 Å². The SMILES string of the molecule is Nc1cc(-c2ccccc2)nc(C2CCOC2)n1.